The SMILES string of the molecule is C=C(c1ccc(N(c2ccc(OC)cc2)c2ccc(C(=C)c3ccc(C=O)s3)cc2)cc1)c1ccc(C=O)s1. The molecule has 0 saturated carbocycles. The second kappa shape index (κ2) is 11.5. The number of thiophene rings is 2. The standard InChI is InChI=1S/C33H25NO3S2/c1-22(32-18-16-30(20-35)38-32)24-4-8-26(9-5-24)34(28-12-14-29(37-3)15-13-28)27-10-6-25(7-11-27)23(2)33-19-17-31(21-36)39-33/h4-21H,1-2H2,3H3. The number of hydrogen-bond acceptors (Lipinski definition) is 6. The molecular formula is C33H25NO3S2. The number of ether oxygens (including phenoxy) is 1. The maximum atomic E-state index is 11.1. The van der Waals surface area contributed by atoms with Crippen molar-refractivity contribution < 1.29 is 14.3 Å². The van der Waals surface area contributed by atoms with Crippen LogP contribution in [0.5, 0.6) is 5.75 Å². The Morgan fingerprint density at radius 2 is 1.00 bits per heavy atom. The van der Waals surface area contributed by atoms with E-state index < -0.39 is 0 Å². The summed E-state index contributed by atoms with van der Waals surface area (Å²) in [4.78, 5) is 27.7. The first-order chi connectivity index (χ1) is 19.0. The summed E-state index contributed by atoms with van der Waals surface area (Å²) >= 11 is 2.87. The fourth-order valence-corrected chi connectivity index (χ4v) is 5.87. The molecule has 0 aliphatic carbocycles. The van der Waals surface area contributed by atoms with Gasteiger partial charge in [0.05, 0.1) is 16.9 Å². The van der Waals surface area contributed by atoms with Crippen LogP contribution in [-0.4, -0.2) is 19.7 Å². The lowest BCUT2D eigenvalue weighted by molar-refractivity contribution is 0.111. The molecule has 0 spiro atoms. The van der Waals surface area contributed by atoms with Crippen LogP contribution in [0.2, 0.25) is 0 Å². The number of nitrogens with zero attached hydrogens (tertiary/aromatic N) is 1. The number of carbonyl (C=O) groups excluding carboxylic acids is 2. The summed E-state index contributed by atoms with van der Waals surface area (Å²) in [6.45, 7) is 8.50. The maximum Gasteiger partial charge on any atom is 0.160 e. The van der Waals surface area contributed by atoms with Gasteiger partial charge in [-0.1, -0.05) is 37.4 Å². The van der Waals surface area contributed by atoms with Gasteiger partial charge in [0.25, 0.3) is 0 Å². The molecule has 0 fully saturated rings. The molecule has 0 radical (unpaired) electrons. The molecule has 0 N–H and O–H groups in total. The van der Waals surface area contributed by atoms with Gasteiger partial charge >= 0.3 is 0 Å². The fraction of sp³-hybridized carbons (Fsp3) is 0.0303. The molecule has 0 aliphatic rings. The number of anilines is 3. The van der Waals surface area contributed by atoms with Crippen molar-refractivity contribution in [3.05, 3.63) is 141 Å². The van der Waals surface area contributed by atoms with Gasteiger partial charge in [0.1, 0.15) is 5.75 Å². The van der Waals surface area contributed by atoms with Crippen LogP contribution in [0.1, 0.15) is 40.2 Å². The third kappa shape index (κ3) is 5.53. The van der Waals surface area contributed by atoms with Crippen molar-refractivity contribution in [3.63, 3.8) is 0 Å². The van der Waals surface area contributed by atoms with E-state index in [1.165, 1.54) is 22.7 Å². The molecule has 0 aliphatic heterocycles. The summed E-state index contributed by atoms with van der Waals surface area (Å²) in [6, 6.07) is 31.9. The van der Waals surface area contributed by atoms with Crippen LogP contribution >= 0.6 is 22.7 Å². The van der Waals surface area contributed by atoms with Crippen LogP contribution in [0, 0.1) is 0 Å². The highest BCUT2D eigenvalue weighted by molar-refractivity contribution is 7.15. The van der Waals surface area contributed by atoms with E-state index in [0.717, 1.165) is 67.4 Å². The van der Waals surface area contributed by atoms with E-state index in [2.05, 4.69) is 42.3 Å². The van der Waals surface area contributed by atoms with E-state index in [0.29, 0.717) is 9.75 Å². The zero-order valence-electron chi connectivity index (χ0n) is 21.3. The minimum Gasteiger partial charge on any atom is -0.497 e. The Kier molecular flexibility index (Phi) is 7.68. The van der Waals surface area contributed by atoms with Crippen LogP contribution in [0.15, 0.2) is 110 Å². The Labute approximate surface area is 235 Å². The van der Waals surface area contributed by atoms with Crippen molar-refractivity contribution in [2.75, 3.05) is 12.0 Å². The third-order valence-corrected chi connectivity index (χ3v) is 8.50. The number of aldehydes is 2. The Bertz CT molecular complexity index is 1540. The lowest BCUT2D eigenvalue weighted by atomic mass is 10.0. The highest BCUT2D eigenvalue weighted by Gasteiger charge is 2.15. The molecule has 5 rings (SSSR count). The van der Waals surface area contributed by atoms with E-state index in [9.17, 15) is 9.59 Å². The molecule has 0 amide bonds. The van der Waals surface area contributed by atoms with E-state index in [1.54, 1.807) is 7.11 Å². The van der Waals surface area contributed by atoms with Crippen molar-refractivity contribution in [1.29, 1.82) is 0 Å². The first-order valence-corrected chi connectivity index (χ1v) is 13.8. The number of hydrogen-bond donors (Lipinski definition) is 0. The summed E-state index contributed by atoms with van der Waals surface area (Å²) in [5.41, 5.74) is 6.69. The average molecular weight is 548 g/mol. The van der Waals surface area contributed by atoms with Crippen molar-refractivity contribution in [1.82, 2.24) is 0 Å². The zero-order chi connectivity index (χ0) is 27.4. The first kappa shape index (κ1) is 26.1. The topological polar surface area (TPSA) is 46.6 Å². The summed E-state index contributed by atoms with van der Waals surface area (Å²) in [5, 5.41) is 0. The molecule has 2 aromatic heterocycles. The Morgan fingerprint density at radius 3 is 1.33 bits per heavy atom. The van der Waals surface area contributed by atoms with E-state index >= 15 is 0 Å². The smallest absolute Gasteiger partial charge is 0.160 e. The molecule has 6 heteroatoms. The number of methoxy groups -OCH3 is 1. The van der Waals surface area contributed by atoms with Gasteiger partial charge in [-0.25, -0.2) is 0 Å². The second-order valence-corrected chi connectivity index (χ2v) is 11.0. The minimum absolute atomic E-state index is 0.683. The quantitative estimate of drug-likeness (QED) is 0.164. The largest absolute Gasteiger partial charge is 0.497 e. The van der Waals surface area contributed by atoms with Crippen molar-refractivity contribution in [2.45, 2.75) is 0 Å². The molecule has 0 saturated heterocycles. The molecule has 39 heavy (non-hydrogen) atoms. The van der Waals surface area contributed by atoms with Crippen LogP contribution < -0.4 is 9.64 Å². The first-order valence-electron chi connectivity index (χ1n) is 12.1. The fourth-order valence-electron chi connectivity index (χ4n) is 4.24. The van der Waals surface area contributed by atoms with E-state index in [1.807, 2.05) is 72.8 Å². The molecule has 5 aromatic rings. The monoisotopic (exact) mass is 547 g/mol. The van der Waals surface area contributed by atoms with Crippen molar-refractivity contribution in [3.8, 4) is 5.75 Å². The summed E-state index contributed by atoms with van der Waals surface area (Å²) < 4.78 is 5.37. The van der Waals surface area contributed by atoms with Crippen molar-refractivity contribution >= 4 is 63.5 Å². The van der Waals surface area contributed by atoms with Crippen molar-refractivity contribution in [2.24, 2.45) is 0 Å². The molecule has 2 heterocycles. The van der Waals surface area contributed by atoms with Gasteiger partial charge < -0.3 is 9.64 Å². The lowest BCUT2D eigenvalue weighted by Gasteiger charge is -2.26. The molecule has 0 bridgehead atoms. The second-order valence-electron chi connectivity index (χ2n) is 8.72. The predicted octanol–water partition coefficient (Wildman–Crippen LogP) is 9.04. The number of rotatable bonds is 10. The number of carbonyl (C=O) groups is 2. The van der Waals surface area contributed by atoms with Gasteiger partial charge in [-0.2, -0.15) is 0 Å². The maximum absolute atomic E-state index is 11.1. The van der Waals surface area contributed by atoms with Crippen LogP contribution in [0.25, 0.3) is 11.1 Å². The summed E-state index contributed by atoms with van der Waals surface area (Å²) in [6.07, 6.45) is 1.72. The molecule has 192 valence electrons. The van der Waals surface area contributed by atoms with Gasteiger partial charge in [0.2, 0.25) is 0 Å². The van der Waals surface area contributed by atoms with Gasteiger partial charge in [-0.15, -0.1) is 22.7 Å². The Balaban J connectivity index is 1.47. The summed E-state index contributed by atoms with van der Waals surface area (Å²) in [7, 11) is 1.65. The zero-order valence-corrected chi connectivity index (χ0v) is 22.9. The highest BCUT2D eigenvalue weighted by Crippen LogP contribution is 2.38. The molecule has 4 nitrogen and oxygen atoms in total. The van der Waals surface area contributed by atoms with E-state index in [-0.39, 0.29) is 0 Å². The van der Waals surface area contributed by atoms with E-state index in [4.69, 9.17) is 4.74 Å². The lowest BCUT2D eigenvalue weighted by Crippen LogP contribution is -2.10. The van der Waals surface area contributed by atoms with Gasteiger partial charge in [0.15, 0.2) is 12.6 Å². The van der Waals surface area contributed by atoms with Gasteiger partial charge in [-0.05, 0) is 95.1 Å². The average Bonchev–Trinajstić information content (AvgIpc) is 3.68. The molecular weight excluding hydrogens is 523 g/mol. The van der Waals surface area contributed by atoms with Crippen LogP contribution in [0.3, 0.4) is 0 Å². The molecule has 0 unspecified atom stereocenters. The van der Waals surface area contributed by atoms with Crippen LogP contribution in [0.4, 0.5) is 17.1 Å². The van der Waals surface area contributed by atoms with Crippen LogP contribution in [-0.2, 0) is 0 Å². The normalized spacial score (nSPS) is 10.6. The Hall–Kier alpha value is -4.52. The highest BCUT2D eigenvalue weighted by atomic mass is 32.1. The van der Waals surface area contributed by atoms with Gasteiger partial charge in [0, 0.05) is 26.8 Å². The Morgan fingerprint density at radius 1 is 0.615 bits per heavy atom. The van der Waals surface area contributed by atoms with Gasteiger partial charge in [-0.3, -0.25) is 9.59 Å². The molecule has 0 atom stereocenters. The summed E-state index contributed by atoms with van der Waals surface area (Å²) in [5.74, 6) is 0.785. The molecule has 3 aromatic carbocycles. The minimum atomic E-state index is 0.683. The third-order valence-electron chi connectivity index (χ3n) is 6.36. The number of benzene rings is 3. The predicted molar refractivity (Wildman–Crippen MR) is 163 cm³/mol.